The number of benzene rings is 2. The van der Waals surface area contributed by atoms with E-state index in [1.807, 2.05) is 60.7 Å². The molecular weight excluding hydrogens is 302 g/mol. The summed E-state index contributed by atoms with van der Waals surface area (Å²) in [6.45, 7) is 2.96. The molecule has 0 saturated carbocycles. The van der Waals surface area contributed by atoms with Crippen LogP contribution in [0.1, 0.15) is 5.56 Å². The van der Waals surface area contributed by atoms with Gasteiger partial charge in [0, 0.05) is 31.9 Å². The topological polar surface area (TPSA) is 52.7 Å². The Morgan fingerprint density at radius 3 is 2.12 bits per heavy atom. The highest BCUT2D eigenvalue weighted by Crippen LogP contribution is 2.18. The third-order valence-electron chi connectivity index (χ3n) is 4.08. The van der Waals surface area contributed by atoms with Crippen molar-refractivity contribution in [3.8, 4) is 0 Å². The van der Waals surface area contributed by atoms with Crippen molar-refractivity contribution in [1.29, 1.82) is 0 Å². The van der Waals surface area contributed by atoms with Crippen LogP contribution in [-0.4, -0.2) is 42.9 Å². The first-order valence-electron chi connectivity index (χ1n) is 8.16. The molecule has 0 atom stereocenters. The molecule has 2 amide bonds. The molecule has 5 nitrogen and oxygen atoms in total. The maximum Gasteiger partial charge on any atom is 0.316 e. The van der Waals surface area contributed by atoms with Gasteiger partial charge in [-0.2, -0.15) is 0 Å². The first-order valence-corrected chi connectivity index (χ1v) is 8.16. The Balaban J connectivity index is 1.83. The molecule has 124 valence electrons. The fraction of sp³-hybridized carbons (Fsp3) is 0.263. The fourth-order valence-electron chi connectivity index (χ4n) is 2.77. The molecule has 1 aliphatic rings. The highest BCUT2D eigenvalue weighted by atomic mass is 16.2. The van der Waals surface area contributed by atoms with E-state index < -0.39 is 11.8 Å². The Bertz CT molecular complexity index is 682. The molecule has 0 spiro atoms. The van der Waals surface area contributed by atoms with Crippen molar-refractivity contribution in [3.05, 3.63) is 66.2 Å². The maximum atomic E-state index is 12.9. The smallest absolute Gasteiger partial charge is 0.316 e. The number of piperazine rings is 1. The van der Waals surface area contributed by atoms with Crippen molar-refractivity contribution in [3.63, 3.8) is 0 Å². The summed E-state index contributed by atoms with van der Waals surface area (Å²) in [5.41, 5.74) is 1.72. The molecule has 1 saturated heterocycles. The lowest BCUT2D eigenvalue weighted by Gasteiger charge is -2.30. The third kappa shape index (κ3) is 3.81. The van der Waals surface area contributed by atoms with Crippen LogP contribution >= 0.6 is 0 Å². The summed E-state index contributed by atoms with van der Waals surface area (Å²) in [6, 6.07) is 19.1. The first kappa shape index (κ1) is 16.2. The number of nitrogens with one attached hydrogen (secondary N) is 1. The van der Waals surface area contributed by atoms with E-state index in [2.05, 4.69) is 5.32 Å². The third-order valence-corrected chi connectivity index (χ3v) is 4.08. The minimum atomic E-state index is -0.480. The highest BCUT2D eigenvalue weighted by Gasteiger charge is 2.28. The van der Waals surface area contributed by atoms with Gasteiger partial charge in [-0.15, -0.1) is 0 Å². The van der Waals surface area contributed by atoms with Crippen LogP contribution < -0.4 is 10.2 Å². The standard InChI is InChI=1S/C19H21N3O2/c23-18(21-13-11-20-12-14-21)19(24)22(17-9-5-2-6-10-17)15-16-7-3-1-4-8-16/h1-10,20H,11-15H2. The van der Waals surface area contributed by atoms with Crippen molar-refractivity contribution < 1.29 is 9.59 Å². The van der Waals surface area contributed by atoms with Gasteiger partial charge in [-0.1, -0.05) is 48.5 Å². The average molecular weight is 323 g/mol. The van der Waals surface area contributed by atoms with Gasteiger partial charge < -0.3 is 10.2 Å². The summed E-state index contributed by atoms with van der Waals surface area (Å²) in [6.07, 6.45) is 0. The van der Waals surface area contributed by atoms with Crippen LogP contribution in [-0.2, 0) is 16.1 Å². The molecule has 0 aromatic heterocycles. The number of rotatable bonds is 3. The molecule has 1 heterocycles. The van der Waals surface area contributed by atoms with Gasteiger partial charge in [-0.05, 0) is 17.7 Å². The number of nitrogens with zero attached hydrogens (tertiary/aromatic N) is 2. The second-order valence-corrected chi connectivity index (χ2v) is 5.75. The molecule has 0 bridgehead atoms. The van der Waals surface area contributed by atoms with Gasteiger partial charge in [0.05, 0.1) is 6.54 Å². The molecule has 1 N–H and O–H groups in total. The number of amides is 2. The molecule has 24 heavy (non-hydrogen) atoms. The van der Waals surface area contributed by atoms with E-state index >= 15 is 0 Å². The lowest BCUT2D eigenvalue weighted by molar-refractivity contribution is -0.144. The summed E-state index contributed by atoms with van der Waals surface area (Å²) in [4.78, 5) is 28.7. The van der Waals surface area contributed by atoms with Gasteiger partial charge in [-0.25, -0.2) is 0 Å². The highest BCUT2D eigenvalue weighted by molar-refractivity contribution is 6.40. The van der Waals surface area contributed by atoms with E-state index in [4.69, 9.17) is 0 Å². The van der Waals surface area contributed by atoms with Gasteiger partial charge in [0.1, 0.15) is 0 Å². The molecule has 0 aliphatic carbocycles. The van der Waals surface area contributed by atoms with Crippen LogP contribution in [0.25, 0.3) is 0 Å². The zero-order valence-electron chi connectivity index (χ0n) is 13.5. The second kappa shape index (κ2) is 7.75. The number of carbonyl (C=O) groups is 2. The first-order chi connectivity index (χ1) is 11.8. The Labute approximate surface area is 141 Å². The summed E-state index contributed by atoms with van der Waals surface area (Å²) in [7, 11) is 0. The Morgan fingerprint density at radius 2 is 1.50 bits per heavy atom. The van der Waals surface area contributed by atoms with E-state index in [0.29, 0.717) is 19.6 Å². The van der Waals surface area contributed by atoms with Gasteiger partial charge in [0.2, 0.25) is 0 Å². The van der Waals surface area contributed by atoms with Gasteiger partial charge in [-0.3, -0.25) is 14.5 Å². The molecule has 2 aromatic carbocycles. The molecule has 0 radical (unpaired) electrons. The SMILES string of the molecule is O=C(C(=O)N(Cc1ccccc1)c1ccccc1)N1CCNCC1. The molecule has 2 aromatic rings. The monoisotopic (exact) mass is 323 g/mol. The average Bonchev–Trinajstić information content (AvgIpc) is 2.67. The molecule has 3 rings (SSSR count). The Hall–Kier alpha value is -2.66. The van der Waals surface area contributed by atoms with Crippen LogP contribution in [0.4, 0.5) is 5.69 Å². The number of carbonyl (C=O) groups excluding carboxylic acids is 2. The lowest BCUT2D eigenvalue weighted by Crippen LogP contribution is -2.52. The number of hydrogen-bond donors (Lipinski definition) is 1. The minimum Gasteiger partial charge on any atom is -0.332 e. The second-order valence-electron chi connectivity index (χ2n) is 5.75. The Kier molecular flexibility index (Phi) is 5.23. The maximum absolute atomic E-state index is 12.9. The largest absolute Gasteiger partial charge is 0.332 e. The Morgan fingerprint density at radius 1 is 0.917 bits per heavy atom. The number of hydrogen-bond acceptors (Lipinski definition) is 3. The normalized spacial score (nSPS) is 14.2. The quantitative estimate of drug-likeness (QED) is 0.874. The van der Waals surface area contributed by atoms with E-state index in [9.17, 15) is 9.59 Å². The number of anilines is 1. The zero-order chi connectivity index (χ0) is 16.8. The molecule has 1 fully saturated rings. The molecule has 5 heteroatoms. The molecular formula is C19H21N3O2. The predicted molar refractivity (Wildman–Crippen MR) is 93.5 cm³/mol. The molecule has 0 unspecified atom stereocenters. The lowest BCUT2D eigenvalue weighted by atomic mass is 10.2. The van der Waals surface area contributed by atoms with Gasteiger partial charge >= 0.3 is 11.8 Å². The summed E-state index contributed by atoms with van der Waals surface area (Å²) in [5, 5.41) is 3.19. The fourth-order valence-corrected chi connectivity index (χ4v) is 2.77. The van der Waals surface area contributed by atoms with Crippen molar-refractivity contribution in [2.75, 3.05) is 31.1 Å². The summed E-state index contributed by atoms with van der Waals surface area (Å²) in [5.74, 6) is -0.914. The van der Waals surface area contributed by atoms with Crippen LogP contribution in [0, 0.1) is 0 Å². The van der Waals surface area contributed by atoms with E-state index in [0.717, 1.165) is 24.3 Å². The zero-order valence-corrected chi connectivity index (χ0v) is 13.5. The summed E-state index contributed by atoms with van der Waals surface area (Å²) < 4.78 is 0. The van der Waals surface area contributed by atoms with Crippen molar-refractivity contribution in [1.82, 2.24) is 10.2 Å². The number of para-hydroxylation sites is 1. The van der Waals surface area contributed by atoms with Gasteiger partial charge in [0.15, 0.2) is 0 Å². The van der Waals surface area contributed by atoms with Crippen LogP contribution in [0.2, 0.25) is 0 Å². The van der Waals surface area contributed by atoms with E-state index in [-0.39, 0.29) is 0 Å². The van der Waals surface area contributed by atoms with Crippen molar-refractivity contribution >= 4 is 17.5 Å². The predicted octanol–water partition coefficient (Wildman–Crippen LogP) is 1.65. The summed E-state index contributed by atoms with van der Waals surface area (Å²) >= 11 is 0. The minimum absolute atomic E-state index is 0.377. The van der Waals surface area contributed by atoms with Crippen LogP contribution in [0.5, 0.6) is 0 Å². The van der Waals surface area contributed by atoms with Crippen molar-refractivity contribution in [2.45, 2.75) is 6.54 Å². The van der Waals surface area contributed by atoms with Crippen LogP contribution in [0.15, 0.2) is 60.7 Å². The molecule has 1 aliphatic heterocycles. The van der Waals surface area contributed by atoms with E-state index in [1.54, 1.807) is 9.80 Å². The van der Waals surface area contributed by atoms with Crippen molar-refractivity contribution in [2.24, 2.45) is 0 Å². The van der Waals surface area contributed by atoms with Crippen LogP contribution in [0.3, 0.4) is 0 Å². The van der Waals surface area contributed by atoms with E-state index in [1.165, 1.54) is 0 Å². The van der Waals surface area contributed by atoms with Gasteiger partial charge in [0.25, 0.3) is 0 Å².